The Morgan fingerprint density at radius 1 is 0.742 bits per heavy atom. The van der Waals surface area contributed by atoms with Gasteiger partial charge in [0.2, 0.25) is 11.8 Å². The van der Waals surface area contributed by atoms with E-state index in [0.717, 1.165) is 126 Å². The van der Waals surface area contributed by atoms with Gasteiger partial charge in [-0.15, -0.1) is 0 Å². The molecule has 2 aliphatic carbocycles. The molecule has 3 unspecified atom stereocenters. The van der Waals surface area contributed by atoms with Gasteiger partial charge in [0.1, 0.15) is 11.5 Å². The molecule has 0 spiro atoms. The first-order valence-electron chi connectivity index (χ1n) is 23.4. The van der Waals surface area contributed by atoms with Crippen molar-refractivity contribution in [3.05, 3.63) is 152 Å². The number of nitrogens with one attached hydrogen (secondary N) is 2. The van der Waals surface area contributed by atoms with Gasteiger partial charge in [-0.2, -0.15) is 0 Å². The number of H-pyrrole nitrogens is 2. The smallest absolute Gasteiger partial charge is 0.233 e. The van der Waals surface area contributed by atoms with Gasteiger partial charge in [-0.05, 0) is 96.0 Å². The summed E-state index contributed by atoms with van der Waals surface area (Å²) in [5.74, 6) is 1.87. The van der Waals surface area contributed by atoms with Crippen molar-refractivity contribution in [2.75, 3.05) is 49.2 Å². The van der Waals surface area contributed by atoms with Crippen LogP contribution in [-0.4, -0.2) is 96.5 Å². The normalized spacial score (nSPS) is 18.2. The molecule has 66 heavy (non-hydrogen) atoms. The summed E-state index contributed by atoms with van der Waals surface area (Å²) >= 11 is 0. The zero-order valence-corrected chi connectivity index (χ0v) is 37.0. The van der Waals surface area contributed by atoms with Crippen LogP contribution >= 0.6 is 0 Å². The molecule has 13 nitrogen and oxygen atoms in total. The Morgan fingerprint density at radius 2 is 1.53 bits per heavy atom. The van der Waals surface area contributed by atoms with Crippen molar-refractivity contribution < 1.29 is 14.3 Å². The number of pyridine rings is 2. The van der Waals surface area contributed by atoms with Gasteiger partial charge >= 0.3 is 0 Å². The Kier molecular flexibility index (Phi) is 11.7. The number of fused-ring (bicyclic) bond motifs is 2. The van der Waals surface area contributed by atoms with Crippen LogP contribution in [0.5, 0.6) is 0 Å². The molecule has 0 bridgehead atoms. The minimum absolute atomic E-state index is 0.0314. The van der Waals surface area contributed by atoms with Crippen LogP contribution in [0, 0.1) is 11.8 Å². The monoisotopic (exact) mass is 878 g/mol. The number of hydrogen-bond donors (Lipinski definition) is 2. The van der Waals surface area contributed by atoms with Crippen molar-refractivity contribution in [1.82, 2.24) is 39.2 Å². The molecule has 6 heterocycles. The first-order valence-corrected chi connectivity index (χ1v) is 23.4. The lowest BCUT2D eigenvalue weighted by Gasteiger charge is -2.44. The summed E-state index contributed by atoms with van der Waals surface area (Å²) in [6.07, 6.45) is 18.8. The van der Waals surface area contributed by atoms with Crippen LogP contribution in [0.1, 0.15) is 55.1 Å². The second-order valence-corrected chi connectivity index (χ2v) is 18.2. The highest BCUT2D eigenvalue weighted by Crippen LogP contribution is 2.43. The number of aromatic amines is 2. The molecular formula is C53H54N10O3. The fourth-order valence-corrected chi connectivity index (χ4v) is 10.2. The van der Waals surface area contributed by atoms with E-state index in [1.807, 2.05) is 101 Å². The standard InChI is InChI=1S/C53H54N10O3/c64-51(26-41-29-54-28-39-6-1-2-9-45(39)41)62(42-16-11-36(12-17-42)47-31-55-35-58-47)33-40-15-20-46(40)53-57-32-48(59-53)37-13-18-43(19-14-37)63(49(38-7-5-8-38)34-60-22-24-66-25-23-60)52(65)27-44-30-56-50-10-3-4-21-61(44)50/h1-4,6,9-14,16-19,21,28-32,35,38,40,46,49H,5,7-8,15,20,22-27,33-34H2,(H,55,58)(H,57,59). The molecule has 3 fully saturated rings. The lowest BCUT2D eigenvalue weighted by Crippen LogP contribution is -2.54. The Balaban J connectivity index is 0.836. The largest absolute Gasteiger partial charge is 0.379 e. The van der Waals surface area contributed by atoms with Crippen LogP contribution in [0.25, 0.3) is 38.9 Å². The first-order chi connectivity index (χ1) is 32.5. The maximum absolute atomic E-state index is 14.7. The van der Waals surface area contributed by atoms with E-state index in [0.29, 0.717) is 12.5 Å². The molecule has 3 atom stereocenters. The average molecular weight is 879 g/mol. The minimum Gasteiger partial charge on any atom is -0.379 e. The van der Waals surface area contributed by atoms with Gasteiger partial charge in [0.15, 0.2) is 0 Å². The van der Waals surface area contributed by atoms with E-state index < -0.39 is 0 Å². The predicted octanol–water partition coefficient (Wildman–Crippen LogP) is 8.51. The van der Waals surface area contributed by atoms with Gasteiger partial charge in [-0.25, -0.2) is 15.0 Å². The van der Waals surface area contributed by atoms with Crippen LogP contribution < -0.4 is 9.80 Å². The van der Waals surface area contributed by atoms with E-state index in [-0.39, 0.29) is 42.5 Å². The maximum atomic E-state index is 14.7. The highest BCUT2D eigenvalue weighted by Gasteiger charge is 2.38. The van der Waals surface area contributed by atoms with Crippen molar-refractivity contribution in [3.8, 4) is 22.5 Å². The summed E-state index contributed by atoms with van der Waals surface area (Å²) < 4.78 is 7.72. The highest BCUT2D eigenvalue weighted by molar-refractivity contribution is 5.98. The third-order valence-corrected chi connectivity index (χ3v) is 14.3. The van der Waals surface area contributed by atoms with E-state index in [1.165, 1.54) is 6.42 Å². The minimum atomic E-state index is 0.0314. The number of morpholine rings is 1. The molecule has 5 aromatic heterocycles. The van der Waals surface area contributed by atoms with Gasteiger partial charge in [-0.3, -0.25) is 19.5 Å². The van der Waals surface area contributed by atoms with Crippen molar-refractivity contribution in [1.29, 1.82) is 0 Å². The van der Waals surface area contributed by atoms with Crippen LogP contribution in [0.15, 0.2) is 135 Å². The summed E-state index contributed by atoms with van der Waals surface area (Å²) in [6, 6.07) is 30.6. The SMILES string of the molecule is O=C(Cc1cncc2ccccc12)N(CC1CCC1c1ncc(-c2ccc(N(C(=O)Cc3cnc4ccccn34)C(CN3CCOCC3)C3CCC3)cc2)[nH]1)c1ccc(-c2cnc[nH]2)cc1. The molecule has 1 aliphatic heterocycles. The summed E-state index contributed by atoms with van der Waals surface area (Å²) in [5.41, 5.74) is 8.27. The van der Waals surface area contributed by atoms with Crippen molar-refractivity contribution in [3.63, 3.8) is 0 Å². The van der Waals surface area contributed by atoms with Gasteiger partial charge < -0.3 is 28.9 Å². The summed E-state index contributed by atoms with van der Waals surface area (Å²) in [5, 5.41) is 2.06. The lowest BCUT2D eigenvalue weighted by atomic mass is 9.72. The van der Waals surface area contributed by atoms with Crippen LogP contribution in [0.2, 0.25) is 0 Å². The second-order valence-electron chi connectivity index (χ2n) is 18.2. The van der Waals surface area contributed by atoms with Crippen LogP contribution in [0.3, 0.4) is 0 Å². The van der Waals surface area contributed by atoms with Gasteiger partial charge in [0.25, 0.3) is 0 Å². The van der Waals surface area contributed by atoms with E-state index in [1.54, 1.807) is 12.5 Å². The molecular weight excluding hydrogens is 825 g/mol. The number of nitrogens with zero attached hydrogens (tertiary/aromatic N) is 8. The quantitative estimate of drug-likeness (QED) is 0.105. The number of ether oxygens (including phenoxy) is 1. The average Bonchev–Trinajstić information content (AvgIpc) is 4.13. The van der Waals surface area contributed by atoms with Crippen molar-refractivity contribution in [2.24, 2.45) is 11.8 Å². The lowest BCUT2D eigenvalue weighted by molar-refractivity contribution is -0.119. The predicted molar refractivity (Wildman–Crippen MR) is 256 cm³/mol. The number of anilines is 2. The topological polar surface area (TPSA) is 141 Å². The fourth-order valence-electron chi connectivity index (χ4n) is 10.2. The first kappa shape index (κ1) is 41.7. The van der Waals surface area contributed by atoms with E-state index >= 15 is 0 Å². The Bertz CT molecular complexity index is 2930. The molecule has 2 N–H and O–H groups in total. The van der Waals surface area contributed by atoms with E-state index in [9.17, 15) is 9.59 Å². The molecule has 334 valence electrons. The molecule has 3 aromatic carbocycles. The highest BCUT2D eigenvalue weighted by atomic mass is 16.5. The van der Waals surface area contributed by atoms with Crippen LogP contribution in [0.4, 0.5) is 11.4 Å². The van der Waals surface area contributed by atoms with Gasteiger partial charge in [0.05, 0.1) is 67.9 Å². The summed E-state index contributed by atoms with van der Waals surface area (Å²) in [7, 11) is 0. The molecule has 11 rings (SSSR count). The van der Waals surface area contributed by atoms with Crippen molar-refractivity contribution in [2.45, 2.75) is 56.9 Å². The van der Waals surface area contributed by atoms with Crippen molar-refractivity contribution >= 4 is 39.6 Å². The molecule has 1 saturated heterocycles. The fraction of sp³-hybridized carbons (Fsp3) is 0.321. The molecule has 13 heteroatoms. The summed E-state index contributed by atoms with van der Waals surface area (Å²) in [4.78, 5) is 60.7. The molecule has 2 saturated carbocycles. The third-order valence-electron chi connectivity index (χ3n) is 14.3. The maximum Gasteiger partial charge on any atom is 0.233 e. The second kappa shape index (κ2) is 18.5. The zero-order chi connectivity index (χ0) is 44.4. The van der Waals surface area contributed by atoms with Crippen LogP contribution in [-0.2, 0) is 27.2 Å². The number of imidazole rings is 3. The number of carbonyl (C=O) groups is 2. The molecule has 2 amide bonds. The Labute approximate surface area is 383 Å². The van der Waals surface area contributed by atoms with E-state index in [2.05, 4.69) is 65.1 Å². The Morgan fingerprint density at radius 3 is 2.29 bits per heavy atom. The Hall–Kier alpha value is -6.96. The van der Waals surface area contributed by atoms with Gasteiger partial charge in [0, 0.05) is 73.6 Å². The number of amides is 2. The molecule has 8 aromatic rings. The summed E-state index contributed by atoms with van der Waals surface area (Å²) in [6.45, 7) is 4.58. The number of hydrogen-bond acceptors (Lipinski definition) is 8. The van der Waals surface area contributed by atoms with E-state index in [4.69, 9.17) is 9.72 Å². The zero-order valence-electron chi connectivity index (χ0n) is 37.0. The molecule has 0 radical (unpaired) electrons. The number of benzene rings is 3. The van der Waals surface area contributed by atoms with Gasteiger partial charge in [-0.1, -0.05) is 61.0 Å². The third kappa shape index (κ3) is 8.52. The molecule has 3 aliphatic rings. The number of rotatable bonds is 15. The number of aromatic nitrogens is 7. The number of carbonyl (C=O) groups excluding carboxylic acids is 2.